The number of hydrogen-bond acceptors (Lipinski definition) is 2. The highest BCUT2D eigenvalue weighted by Crippen LogP contribution is 2.27. The van der Waals surface area contributed by atoms with Gasteiger partial charge in [-0.2, -0.15) is 0 Å². The predicted octanol–water partition coefficient (Wildman–Crippen LogP) is 2.96. The summed E-state index contributed by atoms with van der Waals surface area (Å²) >= 11 is 12.0. The highest BCUT2D eigenvalue weighted by atomic mass is 35.5. The lowest BCUT2D eigenvalue weighted by molar-refractivity contribution is 0.545. The average molecular weight is 270 g/mol. The number of benzene rings is 1. The summed E-state index contributed by atoms with van der Waals surface area (Å²) in [5.41, 5.74) is 2.05. The summed E-state index contributed by atoms with van der Waals surface area (Å²) in [6, 6.07) is 6.28. The van der Waals surface area contributed by atoms with E-state index in [1.165, 1.54) is 0 Å². The molecule has 3 rings (SSSR count). The fraction of sp³-hybridized carbons (Fsp3) is 0.417. The maximum absolute atomic E-state index is 5.99. The van der Waals surface area contributed by atoms with Gasteiger partial charge in [-0.05, 0) is 31.2 Å². The van der Waals surface area contributed by atoms with Gasteiger partial charge in [-0.15, -0.1) is 11.6 Å². The number of aromatic nitrogens is 2. The Balaban J connectivity index is 2.19. The molecule has 0 bridgehead atoms. The minimum Gasteiger partial charge on any atom is -0.323 e. The van der Waals surface area contributed by atoms with Gasteiger partial charge in [0.2, 0.25) is 0 Å². The molecule has 0 aliphatic carbocycles. The van der Waals surface area contributed by atoms with Crippen LogP contribution >= 0.6 is 23.2 Å². The van der Waals surface area contributed by atoms with E-state index in [1.807, 2.05) is 18.2 Å². The molecule has 1 fully saturated rings. The van der Waals surface area contributed by atoms with E-state index in [-0.39, 0.29) is 0 Å². The number of alkyl halides is 1. The van der Waals surface area contributed by atoms with Crippen molar-refractivity contribution in [3.8, 4) is 0 Å². The third-order valence-electron chi connectivity index (χ3n) is 3.24. The molecule has 2 heterocycles. The van der Waals surface area contributed by atoms with Crippen LogP contribution in [-0.2, 0) is 5.88 Å². The van der Waals surface area contributed by atoms with E-state index >= 15 is 0 Å². The third-order valence-corrected chi connectivity index (χ3v) is 3.72. The molecule has 1 aromatic heterocycles. The first kappa shape index (κ1) is 11.3. The van der Waals surface area contributed by atoms with Gasteiger partial charge in [0.05, 0.1) is 16.9 Å². The van der Waals surface area contributed by atoms with Gasteiger partial charge < -0.3 is 9.88 Å². The summed E-state index contributed by atoms with van der Waals surface area (Å²) in [6.07, 6.45) is 1.12. The minimum atomic E-state index is 0.433. The van der Waals surface area contributed by atoms with Crippen molar-refractivity contribution >= 4 is 34.2 Å². The van der Waals surface area contributed by atoms with Crippen LogP contribution in [0, 0.1) is 0 Å². The molecule has 1 saturated heterocycles. The van der Waals surface area contributed by atoms with Crippen molar-refractivity contribution in [1.82, 2.24) is 14.9 Å². The van der Waals surface area contributed by atoms with Crippen molar-refractivity contribution in [1.29, 1.82) is 0 Å². The maximum Gasteiger partial charge on any atom is 0.125 e. The average Bonchev–Trinajstić information content (AvgIpc) is 2.93. The Morgan fingerprint density at radius 3 is 3.06 bits per heavy atom. The topological polar surface area (TPSA) is 29.9 Å². The lowest BCUT2D eigenvalue weighted by atomic mass is 10.2. The number of imidazole rings is 1. The minimum absolute atomic E-state index is 0.433. The van der Waals surface area contributed by atoms with Gasteiger partial charge in [0, 0.05) is 17.6 Å². The summed E-state index contributed by atoms with van der Waals surface area (Å²) < 4.78 is 2.25. The molecule has 1 aliphatic heterocycles. The van der Waals surface area contributed by atoms with E-state index in [1.54, 1.807) is 0 Å². The second kappa shape index (κ2) is 4.48. The quantitative estimate of drug-likeness (QED) is 0.850. The standard InChI is InChI=1S/C12H13Cl2N3/c13-6-12-16-10-5-8(14)1-2-11(10)17(12)9-3-4-15-7-9/h1-2,5,9,15H,3-4,6-7H2. The highest BCUT2D eigenvalue weighted by molar-refractivity contribution is 6.31. The van der Waals surface area contributed by atoms with Crippen LogP contribution in [0.1, 0.15) is 18.3 Å². The van der Waals surface area contributed by atoms with Crippen LogP contribution in [0.5, 0.6) is 0 Å². The Bertz CT molecular complexity index is 544. The third kappa shape index (κ3) is 1.92. The number of rotatable bonds is 2. The molecule has 0 amide bonds. The summed E-state index contributed by atoms with van der Waals surface area (Å²) in [7, 11) is 0. The first-order chi connectivity index (χ1) is 8.29. The van der Waals surface area contributed by atoms with Crippen molar-refractivity contribution in [3.05, 3.63) is 29.0 Å². The first-order valence-electron chi connectivity index (χ1n) is 5.72. The molecule has 0 spiro atoms. The molecule has 1 atom stereocenters. The molecule has 17 heavy (non-hydrogen) atoms. The van der Waals surface area contributed by atoms with Crippen LogP contribution in [-0.4, -0.2) is 22.6 Å². The van der Waals surface area contributed by atoms with Crippen LogP contribution in [0.4, 0.5) is 0 Å². The summed E-state index contributed by atoms with van der Waals surface area (Å²) in [5, 5.41) is 4.09. The predicted molar refractivity (Wildman–Crippen MR) is 70.8 cm³/mol. The SMILES string of the molecule is ClCc1nc2cc(Cl)ccc2n1C1CCNC1. The van der Waals surface area contributed by atoms with Crippen LogP contribution in [0.25, 0.3) is 11.0 Å². The van der Waals surface area contributed by atoms with Crippen molar-refractivity contribution in [2.45, 2.75) is 18.3 Å². The number of halogens is 2. The fourth-order valence-corrected chi connectivity index (χ4v) is 2.84. The van der Waals surface area contributed by atoms with Crippen LogP contribution in [0.3, 0.4) is 0 Å². The number of hydrogen-bond donors (Lipinski definition) is 1. The molecule has 90 valence electrons. The van der Waals surface area contributed by atoms with Gasteiger partial charge in [0.25, 0.3) is 0 Å². The van der Waals surface area contributed by atoms with Gasteiger partial charge in [0.15, 0.2) is 0 Å². The Morgan fingerprint density at radius 2 is 2.35 bits per heavy atom. The smallest absolute Gasteiger partial charge is 0.125 e. The monoisotopic (exact) mass is 269 g/mol. The molecular weight excluding hydrogens is 257 g/mol. The largest absolute Gasteiger partial charge is 0.323 e. The summed E-state index contributed by atoms with van der Waals surface area (Å²) in [6.45, 7) is 2.04. The zero-order valence-electron chi connectivity index (χ0n) is 9.29. The zero-order chi connectivity index (χ0) is 11.8. The molecule has 1 unspecified atom stereocenters. The number of nitrogens with one attached hydrogen (secondary N) is 1. The van der Waals surface area contributed by atoms with Gasteiger partial charge in [-0.3, -0.25) is 0 Å². The van der Waals surface area contributed by atoms with E-state index < -0.39 is 0 Å². The Hall–Kier alpha value is -0.770. The van der Waals surface area contributed by atoms with E-state index in [0.29, 0.717) is 16.9 Å². The second-order valence-corrected chi connectivity index (χ2v) is 5.02. The normalized spacial score (nSPS) is 20.2. The van der Waals surface area contributed by atoms with Gasteiger partial charge in [-0.1, -0.05) is 11.6 Å². The highest BCUT2D eigenvalue weighted by Gasteiger charge is 2.21. The van der Waals surface area contributed by atoms with Crippen LogP contribution < -0.4 is 5.32 Å². The van der Waals surface area contributed by atoms with E-state index in [2.05, 4.69) is 14.9 Å². The molecule has 5 heteroatoms. The van der Waals surface area contributed by atoms with E-state index in [9.17, 15) is 0 Å². The summed E-state index contributed by atoms with van der Waals surface area (Å²) in [5.74, 6) is 1.36. The molecule has 0 saturated carbocycles. The lowest BCUT2D eigenvalue weighted by Crippen LogP contribution is -2.15. The number of fused-ring (bicyclic) bond motifs is 1. The first-order valence-corrected chi connectivity index (χ1v) is 6.64. The summed E-state index contributed by atoms with van der Waals surface area (Å²) in [4.78, 5) is 4.56. The number of nitrogens with zero attached hydrogens (tertiary/aromatic N) is 2. The van der Waals surface area contributed by atoms with Crippen molar-refractivity contribution in [3.63, 3.8) is 0 Å². The molecule has 1 aliphatic rings. The molecular formula is C12H13Cl2N3. The van der Waals surface area contributed by atoms with Crippen molar-refractivity contribution < 1.29 is 0 Å². The maximum atomic E-state index is 5.99. The van der Waals surface area contributed by atoms with Crippen LogP contribution in [0.15, 0.2) is 18.2 Å². The molecule has 1 aromatic carbocycles. The Labute approximate surface area is 110 Å². The molecule has 3 nitrogen and oxygen atoms in total. The lowest BCUT2D eigenvalue weighted by Gasteiger charge is -2.14. The van der Waals surface area contributed by atoms with Gasteiger partial charge >= 0.3 is 0 Å². The van der Waals surface area contributed by atoms with E-state index in [0.717, 1.165) is 36.4 Å². The Kier molecular flexibility index (Phi) is 2.99. The van der Waals surface area contributed by atoms with Crippen molar-refractivity contribution in [2.75, 3.05) is 13.1 Å². The molecule has 0 radical (unpaired) electrons. The van der Waals surface area contributed by atoms with Gasteiger partial charge in [-0.25, -0.2) is 4.98 Å². The van der Waals surface area contributed by atoms with Crippen LogP contribution in [0.2, 0.25) is 5.02 Å². The molecule has 1 N–H and O–H groups in total. The Morgan fingerprint density at radius 1 is 1.47 bits per heavy atom. The van der Waals surface area contributed by atoms with Gasteiger partial charge in [0.1, 0.15) is 5.82 Å². The fourth-order valence-electron chi connectivity index (χ4n) is 2.48. The zero-order valence-corrected chi connectivity index (χ0v) is 10.8. The molecule has 2 aromatic rings. The van der Waals surface area contributed by atoms with Crippen molar-refractivity contribution in [2.24, 2.45) is 0 Å². The van der Waals surface area contributed by atoms with E-state index in [4.69, 9.17) is 23.2 Å². The second-order valence-electron chi connectivity index (χ2n) is 4.31.